The summed E-state index contributed by atoms with van der Waals surface area (Å²) < 4.78 is 21.5. The number of methoxy groups -OCH3 is 1. The Morgan fingerprint density at radius 2 is 1.71 bits per heavy atom. The van der Waals surface area contributed by atoms with Gasteiger partial charge in [0.25, 0.3) is 11.6 Å². The maximum Gasteiger partial charge on any atom is 0.273 e. The molecule has 0 spiro atoms. The first-order valence-electron chi connectivity index (χ1n) is 8.63. The number of carbonyl (C=O) groups is 1. The van der Waals surface area contributed by atoms with Crippen LogP contribution in [0.25, 0.3) is 0 Å². The Morgan fingerprint density at radius 1 is 1.00 bits per heavy atom. The van der Waals surface area contributed by atoms with E-state index in [1.54, 1.807) is 18.2 Å². The number of ether oxygens (including phenoxy) is 4. The highest BCUT2D eigenvalue weighted by atomic mass is 16.6. The van der Waals surface area contributed by atoms with Gasteiger partial charge >= 0.3 is 0 Å². The van der Waals surface area contributed by atoms with Crippen molar-refractivity contribution in [2.75, 3.05) is 32.2 Å². The lowest BCUT2D eigenvalue weighted by molar-refractivity contribution is -0.385. The van der Waals surface area contributed by atoms with Crippen molar-refractivity contribution in [1.82, 2.24) is 0 Å². The lowest BCUT2D eigenvalue weighted by Crippen LogP contribution is -2.21. The Labute approximate surface area is 162 Å². The molecule has 2 aromatic rings. The van der Waals surface area contributed by atoms with Gasteiger partial charge in [-0.05, 0) is 32.0 Å². The van der Waals surface area contributed by atoms with Crippen LogP contribution < -0.4 is 24.3 Å². The van der Waals surface area contributed by atoms with Gasteiger partial charge in [0.15, 0.2) is 18.1 Å². The minimum absolute atomic E-state index is 0.0972. The van der Waals surface area contributed by atoms with Crippen molar-refractivity contribution < 1.29 is 28.7 Å². The van der Waals surface area contributed by atoms with Gasteiger partial charge in [-0.2, -0.15) is 0 Å². The molecular weight excluding hydrogens is 368 g/mol. The van der Waals surface area contributed by atoms with Crippen LogP contribution in [-0.2, 0) is 4.79 Å². The van der Waals surface area contributed by atoms with Gasteiger partial charge < -0.3 is 24.3 Å². The molecule has 0 heterocycles. The summed E-state index contributed by atoms with van der Waals surface area (Å²) in [5, 5.41) is 13.6. The fourth-order valence-electron chi connectivity index (χ4n) is 2.37. The molecule has 0 aliphatic carbocycles. The van der Waals surface area contributed by atoms with Gasteiger partial charge in [-0.1, -0.05) is 0 Å². The van der Waals surface area contributed by atoms with E-state index in [0.29, 0.717) is 30.4 Å². The van der Waals surface area contributed by atoms with Crippen LogP contribution in [0, 0.1) is 10.1 Å². The van der Waals surface area contributed by atoms with E-state index in [0.717, 1.165) is 0 Å². The van der Waals surface area contributed by atoms with E-state index in [1.807, 2.05) is 13.8 Å². The van der Waals surface area contributed by atoms with Crippen LogP contribution in [-0.4, -0.2) is 37.8 Å². The highest BCUT2D eigenvalue weighted by molar-refractivity contribution is 5.93. The molecule has 0 radical (unpaired) electrons. The van der Waals surface area contributed by atoms with Crippen molar-refractivity contribution >= 4 is 17.3 Å². The van der Waals surface area contributed by atoms with Gasteiger partial charge in [-0.3, -0.25) is 14.9 Å². The third-order valence-electron chi connectivity index (χ3n) is 3.55. The van der Waals surface area contributed by atoms with Gasteiger partial charge in [-0.15, -0.1) is 0 Å². The molecule has 2 aromatic carbocycles. The maximum atomic E-state index is 12.3. The number of nitro groups is 1. The van der Waals surface area contributed by atoms with Crippen LogP contribution >= 0.6 is 0 Å². The average molecular weight is 390 g/mol. The van der Waals surface area contributed by atoms with Crippen LogP contribution in [0.4, 0.5) is 11.4 Å². The fraction of sp³-hybridized carbons (Fsp3) is 0.316. The van der Waals surface area contributed by atoms with E-state index in [9.17, 15) is 14.9 Å². The van der Waals surface area contributed by atoms with Crippen molar-refractivity contribution in [3.63, 3.8) is 0 Å². The molecule has 150 valence electrons. The number of nitrogens with one attached hydrogen (secondary N) is 1. The minimum Gasteiger partial charge on any atom is -0.494 e. The third kappa shape index (κ3) is 5.50. The zero-order valence-corrected chi connectivity index (χ0v) is 15.9. The molecule has 0 saturated carbocycles. The predicted molar refractivity (Wildman–Crippen MR) is 103 cm³/mol. The lowest BCUT2D eigenvalue weighted by atomic mass is 10.2. The molecule has 28 heavy (non-hydrogen) atoms. The van der Waals surface area contributed by atoms with E-state index in [4.69, 9.17) is 18.9 Å². The first-order valence-corrected chi connectivity index (χ1v) is 8.63. The largest absolute Gasteiger partial charge is 0.494 e. The number of anilines is 1. The van der Waals surface area contributed by atoms with Crippen LogP contribution in [0.1, 0.15) is 13.8 Å². The summed E-state index contributed by atoms with van der Waals surface area (Å²) in [5.74, 6) is 0.990. The molecule has 0 atom stereocenters. The zero-order valence-electron chi connectivity index (χ0n) is 15.9. The molecular formula is C19H22N2O7. The highest BCUT2D eigenvalue weighted by Crippen LogP contribution is 2.32. The van der Waals surface area contributed by atoms with Gasteiger partial charge in [0, 0.05) is 12.1 Å². The topological polar surface area (TPSA) is 109 Å². The Bertz CT molecular complexity index is 839. The summed E-state index contributed by atoms with van der Waals surface area (Å²) in [6, 6.07) is 9.00. The van der Waals surface area contributed by atoms with E-state index in [-0.39, 0.29) is 23.8 Å². The summed E-state index contributed by atoms with van der Waals surface area (Å²) in [6.07, 6.45) is 0. The second kappa shape index (κ2) is 10.0. The van der Waals surface area contributed by atoms with Crippen molar-refractivity contribution in [2.24, 2.45) is 0 Å². The number of amides is 1. The first-order chi connectivity index (χ1) is 13.5. The SMILES string of the molecule is CCOc1ccc(OCC)c(NC(=O)COc2cc([N+](=O)[O-])ccc2OC)c1. The molecule has 1 N–H and O–H groups in total. The molecule has 0 saturated heterocycles. The van der Waals surface area contributed by atoms with Crippen molar-refractivity contribution in [2.45, 2.75) is 13.8 Å². The van der Waals surface area contributed by atoms with Crippen LogP contribution in [0.15, 0.2) is 36.4 Å². The number of carbonyl (C=O) groups excluding carboxylic acids is 1. The van der Waals surface area contributed by atoms with E-state index < -0.39 is 10.8 Å². The Balaban J connectivity index is 2.11. The monoisotopic (exact) mass is 390 g/mol. The normalized spacial score (nSPS) is 10.1. The second-order valence-corrected chi connectivity index (χ2v) is 5.45. The maximum absolute atomic E-state index is 12.3. The number of rotatable bonds is 10. The van der Waals surface area contributed by atoms with E-state index in [1.165, 1.54) is 25.3 Å². The van der Waals surface area contributed by atoms with Crippen molar-refractivity contribution in [1.29, 1.82) is 0 Å². The number of nitro benzene ring substituents is 1. The number of non-ortho nitro benzene ring substituents is 1. The predicted octanol–water partition coefficient (Wildman–Crippen LogP) is 3.42. The molecule has 1 amide bonds. The summed E-state index contributed by atoms with van der Waals surface area (Å²) in [7, 11) is 1.40. The number of benzene rings is 2. The van der Waals surface area contributed by atoms with E-state index in [2.05, 4.69) is 5.32 Å². The Hall–Kier alpha value is -3.49. The summed E-state index contributed by atoms with van der Waals surface area (Å²) in [4.78, 5) is 22.7. The van der Waals surface area contributed by atoms with Crippen LogP contribution in [0.3, 0.4) is 0 Å². The Kier molecular flexibility index (Phi) is 7.44. The first kappa shape index (κ1) is 20.8. The van der Waals surface area contributed by atoms with Crippen molar-refractivity contribution in [3.8, 4) is 23.0 Å². The number of hydrogen-bond donors (Lipinski definition) is 1. The van der Waals surface area contributed by atoms with Gasteiger partial charge in [0.1, 0.15) is 11.5 Å². The minimum atomic E-state index is -0.556. The smallest absolute Gasteiger partial charge is 0.273 e. The van der Waals surface area contributed by atoms with Gasteiger partial charge in [0.2, 0.25) is 0 Å². The average Bonchev–Trinajstić information content (AvgIpc) is 2.68. The molecule has 0 bridgehead atoms. The van der Waals surface area contributed by atoms with E-state index >= 15 is 0 Å². The summed E-state index contributed by atoms with van der Waals surface area (Å²) >= 11 is 0. The van der Waals surface area contributed by atoms with Gasteiger partial charge in [0.05, 0.1) is 37.0 Å². The molecule has 9 heteroatoms. The number of nitrogens with zero attached hydrogens (tertiary/aromatic N) is 1. The molecule has 0 fully saturated rings. The highest BCUT2D eigenvalue weighted by Gasteiger charge is 2.15. The summed E-state index contributed by atoms with van der Waals surface area (Å²) in [5.41, 5.74) is 0.270. The fourth-order valence-corrected chi connectivity index (χ4v) is 2.37. The molecule has 0 unspecified atom stereocenters. The number of hydrogen-bond acceptors (Lipinski definition) is 7. The lowest BCUT2D eigenvalue weighted by Gasteiger charge is -2.14. The van der Waals surface area contributed by atoms with Crippen LogP contribution in [0.5, 0.6) is 23.0 Å². The third-order valence-corrected chi connectivity index (χ3v) is 3.55. The summed E-state index contributed by atoms with van der Waals surface area (Å²) in [6.45, 7) is 4.23. The Morgan fingerprint density at radius 3 is 2.36 bits per heavy atom. The second-order valence-electron chi connectivity index (χ2n) is 5.45. The molecule has 2 rings (SSSR count). The zero-order chi connectivity index (χ0) is 20.5. The van der Waals surface area contributed by atoms with Crippen LogP contribution in [0.2, 0.25) is 0 Å². The van der Waals surface area contributed by atoms with Gasteiger partial charge in [-0.25, -0.2) is 0 Å². The molecule has 0 aliphatic rings. The van der Waals surface area contributed by atoms with Crippen molar-refractivity contribution in [3.05, 3.63) is 46.5 Å². The molecule has 0 aromatic heterocycles. The quantitative estimate of drug-likeness (QED) is 0.489. The standard InChI is InChI=1S/C19H22N2O7/c1-4-26-14-7-9-16(27-5-2)15(11-14)20-19(22)12-28-18-10-13(21(23)24)6-8-17(18)25-3/h6-11H,4-5,12H2,1-3H3,(H,20,22). The molecule has 0 aliphatic heterocycles. The molecule has 9 nitrogen and oxygen atoms in total.